The Kier molecular flexibility index (Phi) is 17.1. The summed E-state index contributed by atoms with van der Waals surface area (Å²) in [5, 5.41) is 16.4. The molecule has 296 valence electrons. The Morgan fingerprint density at radius 1 is 1.02 bits per heavy atom. The summed E-state index contributed by atoms with van der Waals surface area (Å²) in [6.07, 6.45) is 2.28. The molecule has 3 aromatic rings. The highest BCUT2D eigenvalue weighted by molar-refractivity contribution is 7.13. The first-order valence-corrected chi connectivity index (χ1v) is 19.3. The van der Waals surface area contributed by atoms with Gasteiger partial charge in [-0.3, -0.25) is 19.2 Å². The van der Waals surface area contributed by atoms with Crippen molar-refractivity contribution in [3.8, 4) is 10.4 Å². The molecule has 0 aliphatic carbocycles. The van der Waals surface area contributed by atoms with Crippen LogP contribution in [0.2, 0.25) is 0 Å². The molecular formula is C40H57ClN6O6S. The van der Waals surface area contributed by atoms with Crippen molar-refractivity contribution in [1.82, 2.24) is 20.5 Å². The molecule has 0 spiro atoms. The van der Waals surface area contributed by atoms with E-state index in [1.807, 2.05) is 88.7 Å². The zero-order valence-corrected chi connectivity index (χ0v) is 33.6. The molecule has 54 heavy (non-hydrogen) atoms. The van der Waals surface area contributed by atoms with E-state index in [2.05, 4.69) is 15.6 Å². The van der Waals surface area contributed by atoms with E-state index in [4.69, 9.17) is 16.2 Å². The van der Waals surface area contributed by atoms with E-state index < -0.39 is 23.6 Å². The number of carbonyl (C=O) groups excluding carboxylic acids is 4. The smallest absolute Gasteiger partial charge is 0.246 e. The predicted octanol–water partition coefficient (Wildman–Crippen LogP) is 4.56. The fourth-order valence-corrected chi connectivity index (χ4v) is 7.14. The van der Waals surface area contributed by atoms with Gasteiger partial charge in [-0.25, -0.2) is 4.98 Å². The standard InChI is InChI=1S/C40H56N6O6S.ClH/c1-25-36(53-24-44-25)30-16-14-28(15-17-30)21-43-38(50)33-20-31(47)22-46(33)39(51)37(40(3,4)5)45-35(49)9-7-6-8-27-10-12-29(13-11-27)23-52-26(2)32(41)18-19-34(42)48;/h10-17,24,26,31-33,37,47H,6-9,18-23,41H2,1-5H3,(H2,42,48)(H,43,50)(H,45,49);1H/t26-,31+,32+,33+,37-;/m1./s1. The molecule has 14 heteroatoms. The third-order valence-electron chi connectivity index (χ3n) is 9.69. The molecule has 0 bridgehead atoms. The number of nitrogens with zero attached hydrogens (tertiary/aromatic N) is 2. The maximum Gasteiger partial charge on any atom is 0.246 e. The number of unbranched alkanes of at least 4 members (excludes halogenated alkanes) is 1. The summed E-state index contributed by atoms with van der Waals surface area (Å²) in [6, 6.07) is 14.0. The van der Waals surface area contributed by atoms with Gasteiger partial charge in [0.15, 0.2) is 0 Å². The number of amides is 4. The number of aryl methyl sites for hydroxylation is 2. The first kappa shape index (κ1) is 44.5. The number of nitrogens with two attached hydrogens (primary N) is 2. The largest absolute Gasteiger partial charge is 0.391 e. The Labute approximate surface area is 329 Å². The van der Waals surface area contributed by atoms with E-state index in [9.17, 15) is 24.3 Å². The molecular weight excluding hydrogens is 728 g/mol. The summed E-state index contributed by atoms with van der Waals surface area (Å²) < 4.78 is 5.88. The lowest BCUT2D eigenvalue weighted by Crippen LogP contribution is -2.57. The Balaban J connectivity index is 0.00000784. The van der Waals surface area contributed by atoms with Crippen LogP contribution in [0, 0.1) is 12.3 Å². The van der Waals surface area contributed by atoms with E-state index in [0.29, 0.717) is 19.4 Å². The summed E-state index contributed by atoms with van der Waals surface area (Å²) in [6.45, 7) is 10.2. The number of β-amino-alcohol motifs (C(OH)–C–C–N with tert-alkyl or cyclic N) is 1. The van der Waals surface area contributed by atoms with Crippen molar-refractivity contribution in [3.05, 3.63) is 76.4 Å². The highest BCUT2D eigenvalue weighted by Crippen LogP contribution is 2.28. The van der Waals surface area contributed by atoms with Gasteiger partial charge >= 0.3 is 0 Å². The maximum atomic E-state index is 13.9. The van der Waals surface area contributed by atoms with Crippen LogP contribution in [0.4, 0.5) is 0 Å². The number of ether oxygens (including phenoxy) is 1. The molecule has 1 aliphatic heterocycles. The normalized spacial score (nSPS) is 17.3. The second-order valence-electron chi connectivity index (χ2n) is 15.2. The number of halogens is 1. The first-order chi connectivity index (χ1) is 25.1. The van der Waals surface area contributed by atoms with Crippen molar-refractivity contribution < 1.29 is 29.0 Å². The quantitative estimate of drug-likeness (QED) is 0.116. The van der Waals surface area contributed by atoms with Crippen LogP contribution in [-0.4, -0.2) is 75.5 Å². The molecule has 1 saturated heterocycles. The van der Waals surface area contributed by atoms with Gasteiger partial charge in [0.1, 0.15) is 12.1 Å². The van der Waals surface area contributed by atoms with Crippen molar-refractivity contribution in [1.29, 1.82) is 0 Å². The highest BCUT2D eigenvalue weighted by atomic mass is 35.5. The van der Waals surface area contributed by atoms with Gasteiger partial charge in [0.2, 0.25) is 23.6 Å². The molecule has 7 N–H and O–H groups in total. The van der Waals surface area contributed by atoms with Gasteiger partial charge in [-0.2, -0.15) is 0 Å². The van der Waals surface area contributed by atoms with Crippen molar-refractivity contribution in [2.24, 2.45) is 16.9 Å². The molecule has 12 nitrogen and oxygen atoms in total. The van der Waals surface area contributed by atoms with Crippen molar-refractivity contribution >= 4 is 47.4 Å². The van der Waals surface area contributed by atoms with Crippen LogP contribution in [-0.2, 0) is 43.5 Å². The Morgan fingerprint density at radius 2 is 1.67 bits per heavy atom. The molecule has 1 aromatic heterocycles. The number of nitrogens with one attached hydrogen (secondary N) is 2. The number of rotatable bonds is 18. The van der Waals surface area contributed by atoms with Gasteiger partial charge < -0.3 is 36.8 Å². The van der Waals surface area contributed by atoms with E-state index in [-0.39, 0.29) is 80.5 Å². The molecule has 4 amide bonds. The maximum absolute atomic E-state index is 13.9. The lowest BCUT2D eigenvalue weighted by Gasteiger charge is -2.35. The molecule has 5 atom stereocenters. The Hall–Kier alpha value is -3.88. The molecule has 1 fully saturated rings. The fraction of sp³-hybridized carbons (Fsp3) is 0.525. The van der Waals surface area contributed by atoms with Gasteiger partial charge in [-0.05, 0) is 67.2 Å². The van der Waals surface area contributed by atoms with E-state index in [1.54, 1.807) is 11.3 Å². The zero-order valence-electron chi connectivity index (χ0n) is 32.0. The monoisotopic (exact) mass is 784 g/mol. The SMILES string of the molecule is Cc1ncsc1-c1ccc(CNC(=O)[C@@H]2C[C@H](O)CN2C(=O)[C@@H](NC(=O)CCCCc2ccc(CO[C@H](C)[C@@H](N)CCC(N)=O)cc2)C(C)(C)C)cc1.Cl. The minimum atomic E-state index is -0.867. The van der Waals surface area contributed by atoms with Crippen LogP contribution < -0.4 is 22.1 Å². The number of primary amides is 1. The molecule has 2 aromatic carbocycles. The number of benzene rings is 2. The third kappa shape index (κ3) is 13.2. The third-order valence-corrected chi connectivity index (χ3v) is 10.7. The number of thiazole rings is 1. The van der Waals surface area contributed by atoms with E-state index in [0.717, 1.165) is 45.7 Å². The zero-order chi connectivity index (χ0) is 38.7. The second kappa shape index (κ2) is 20.7. The van der Waals surface area contributed by atoms with Crippen molar-refractivity contribution in [2.45, 2.75) is 123 Å². The van der Waals surface area contributed by atoms with Crippen molar-refractivity contribution in [3.63, 3.8) is 0 Å². The predicted molar refractivity (Wildman–Crippen MR) is 214 cm³/mol. The summed E-state index contributed by atoms with van der Waals surface area (Å²) in [5.74, 6) is -1.32. The van der Waals surface area contributed by atoms with Gasteiger partial charge in [0.05, 0.1) is 34.9 Å². The molecule has 0 saturated carbocycles. The number of hydrogen-bond acceptors (Lipinski definition) is 9. The van der Waals surface area contributed by atoms with Crippen LogP contribution in [0.25, 0.3) is 10.4 Å². The topological polar surface area (TPSA) is 190 Å². The molecule has 1 aliphatic rings. The average molecular weight is 785 g/mol. The number of carbonyl (C=O) groups is 4. The van der Waals surface area contributed by atoms with E-state index in [1.165, 1.54) is 4.90 Å². The number of aliphatic hydroxyl groups excluding tert-OH is 1. The van der Waals surface area contributed by atoms with Gasteiger partial charge in [0.25, 0.3) is 0 Å². The van der Waals surface area contributed by atoms with Crippen LogP contribution in [0.3, 0.4) is 0 Å². The summed E-state index contributed by atoms with van der Waals surface area (Å²) in [7, 11) is 0. The molecule has 4 rings (SSSR count). The molecule has 2 heterocycles. The van der Waals surface area contributed by atoms with Crippen LogP contribution >= 0.6 is 23.7 Å². The summed E-state index contributed by atoms with van der Waals surface area (Å²) >= 11 is 1.58. The molecule has 0 radical (unpaired) electrons. The fourth-order valence-electron chi connectivity index (χ4n) is 6.33. The number of hydrogen-bond donors (Lipinski definition) is 5. The lowest BCUT2D eigenvalue weighted by molar-refractivity contribution is -0.144. The average Bonchev–Trinajstić information content (AvgIpc) is 3.74. The van der Waals surface area contributed by atoms with Gasteiger partial charge in [-0.1, -0.05) is 69.3 Å². The molecule has 0 unspecified atom stereocenters. The number of likely N-dealkylation sites (tertiary alicyclic amines) is 1. The van der Waals surface area contributed by atoms with Crippen LogP contribution in [0.15, 0.2) is 54.0 Å². The minimum Gasteiger partial charge on any atom is -0.391 e. The van der Waals surface area contributed by atoms with Crippen LogP contribution in [0.1, 0.15) is 88.6 Å². The van der Waals surface area contributed by atoms with Crippen molar-refractivity contribution in [2.75, 3.05) is 6.54 Å². The first-order valence-electron chi connectivity index (χ1n) is 18.4. The second-order valence-corrected chi connectivity index (χ2v) is 16.0. The number of aliphatic hydroxyl groups is 1. The van der Waals surface area contributed by atoms with Gasteiger partial charge in [0, 0.05) is 38.4 Å². The van der Waals surface area contributed by atoms with Crippen LogP contribution in [0.5, 0.6) is 0 Å². The minimum absolute atomic E-state index is 0. The summed E-state index contributed by atoms with van der Waals surface area (Å²) in [5.41, 5.74) is 17.6. The number of aromatic nitrogens is 1. The lowest BCUT2D eigenvalue weighted by atomic mass is 9.85. The Morgan fingerprint density at radius 3 is 2.28 bits per heavy atom. The van der Waals surface area contributed by atoms with Gasteiger partial charge in [-0.15, -0.1) is 23.7 Å². The highest BCUT2D eigenvalue weighted by Gasteiger charge is 2.44. The van der Waals surface area contributed by atoms with E-state index >= 15 is 0 Å². The Bertz CT molecular complexity index is 1680. The summed E-state index contributed by atoms with van der Waals surface area (Å²) in [4.78, 5) is 58.3.